The first-order valence-electron chi connectivity index (χ1n) is 11.7. The van der Waals surface area contributed by atoms with Crippen LogP contribution in [0.15, 0.2) is 42.5 Å². The van der Waals surface area contributed by atoms with Crippen molar-refractivity contribution in [2.75, 3.05) is 28.5 Å². The van der Waals surface area contributed by atoms with Crippen molar-refractivity contribution < 1.29 is 32.5 Å². The summed E-state index contributed by atoms with van der Waals surface area (Å²) in [6.07, 6.45) is 3.79. The molecule has 11 heteroatoms. The van der Waals surface area contributed by atoms with Gasteiger partial charge < -0.3 is 20.1 Å². The molecule has 2 atom stereocenters. The summed E-state index contributed by atoms with van der Waals surface area (Å²) >= 11 is 0. The van der Waals surface area contributed by atoms with E-state index in [4.69, 9.17) is 9.47 Å². The highest BCUT2D eigenvalue weighted by Crippen LogP contribution is 2.34. The van der Waals surface area contributed by atoms with Crippen molar-refractivity contribution in [2.45, 2.75) is 44.7 Å². The first-order valence-corrected chi connectivity index (χ1v) is 13.2. The molecule has 1 saturated carbocycles. The highest BCUT2D eigenvalue weighted by molar-refractivity contribution is 7.86. The molecule has 0 saturated heterocycles. The fourth-order valence-corrected chi connectivity index (χ4v) is 5.18. The zero-order valence-electron chi connectivity index (χ0n) is 19.8. The van der Waals surface area contributed by atoms with E-state index < -0.39 is 46.0 Å². The number of nitrogens with zero attached hydrogens (tertiary/aromatic N) is 1. The van der Waals surface area contributed by atoms with E-state index in [0.29, 0.717) is 17.2 Å². The normalized spacial score (nSPS) is 16.3. The summed E-state index contributed by atoms with van der Waals surface area (Å²) in [5.74, 6) is -2.03. The van der Waals surface area contributed by atoms with Crippen molar-refractivity contribution in [1.29, 1.82) is 0 Å². The maximum absolute atomic E-state index is 13.9. The highest BCUT2D eigenvalue weighted by Gasteiger charge is 2.31. The van der Waals surface area contributed by atoms with Gasteiger partial charge in [0.05, 0.1) is 0 Å². The van der Waals surface area contributed by atoms with E-state index in [1.165, 1.54) is 18.2 Å². The molecule has 1 heterocycles. The van der Waals surface area contributed by atoms with Crippen molar-refractivity contribution in [3.63, 3.8) is 0 Å². The van der Waals surface area contributed by atoms with Crippen LogP contribution in [0, 0.1) is 5.82 Å². The molecular formula is C25H28FN3O6S. The molecule has 1 fully saturated rings. The van der Waals surface area contributed by atoms with Crippen molar-refractivity contribution in [1.82, 2.24) is 5.32 Å². The minimum absolute atomic E-state index is 0.0402. The first kappa shape index (κ1) is 25.6. The van der Waals surface area contributed by atoms with Gasteiger partial charge in [-0.1, -0.05) is 18.9 Å². The van der Waals surface area contributed by atoms with Crippen LogP contribution in [0.25, 0.3) is 0 Å². The van der Waals surface area contributed by atoms with Gasteiger partial charge in [0, 0.05) is 34.3 Å². The lowest BCUT2D eigenvalue weighted by molar-refractivity contribution is -0.125. The Balaban J connectivity index is 1.40. The van der Waals surface area contributed by atoms with Crippen LogP contribution in [0.1, 0.15) is 32.6 Å². The number of ether oxygens (including phenoxy) is 2. The quantitative estimate of drug-likeness (QED) is 0.529. The number of carbonyl (C=O) groups is 3. The van der Waals surface area contributed by atoms with E-state index in [1.807, 2.05) is 0 Å². The zero-order valence-corrected chi connectivity index (χ0v) is 20.6. The number of halogens is 1. The molecule has 3 amide bonds. The van der Waals surface area contributed by atoms with E-state index in [0.717, 1.165) is 36.6 Å². The minimum Gasteiger partial charge on any atom is -0.454 e. The maximum atomic E-state index is 13.9. The molecule has 2 aromatic rings. The second-order valence-corrected chi connectivity index (χ2v) is 10.2. The second kappa shape index (κ2) is 11.5. The van der Waals surface area contributed by atoms with Crippen molar-refractivity contribution in [3.8, 4) is 11.5 Å². The highest BCUT2D eigenvalue weighted by atomic mass is 32.2. The van der Waals surface area contributed by atoms with Gasteiger partial charge in [0.1, 0.15) is 23.4 Å². The lowest BCUT2D eigenvalue weighted by Gasteiger charge is -2.29. The molecule has 36 heavy (non-hydrogen) atoms. The third kappa shape index (κ3) is 6.39. The van der Waals surface area contributed by atoms with Crippen LogP contribution in [0.2, 0.25) is 0 Å². The van der Waals surface area contributed by atoms with Gasteiger partial charge in [-0.25, -0.2) is 4.39 Å². The fourth-order valence-electron chi connectivity index (χ4n) is 4.29. The molecule has 2 unspecified atom stereocenters. The number of amides is 3. The zero-order chi connectivity index (χ0) is 25.7. The van der Waals surface area contributed by atoms with Crippen LogP contribution in [0.3, 0.4) is 0 Å². The summed E-state index contributed by atoms with van der Waals surface area (Å²) in [4.78, 5) is 39.6. The predicted molar refractivity (Wildman–Crippen MR) is 133 cm³/mol. The second-order valence-electron chi connectivity index (χ2n) is 8.75. The molecule has 1 aliphatic carbocycles. The molecule has 4 rings (SSSR count). The van der Waals surface area contributed by atoms with Crippen LogP contribution in [-0.2, 0) is 25.2 Å². The van der Waals surface area contributed by atoms with Gasteiger partial charge in [0.25, 0.3) is 0 Å². The Hall–Kier alpha value is -3.47. The van der Waals surface area contributed by atoms with Crippen LogP contribution in [0.5, 0.6) is 11.5 Å². The van der Waals surface area contributed by atoms with Gasteiger partial charge in [-0.15, -0.1) is 0 Å². The average molecular weight is 518 g/mol. The molecule has 1 aliphatic heterocycles. The molecular weight excluding hydrogens is 489 g/mol. The summed E-state index contributed by atoms with van der Waals surface area (Å²) < 4.78 is 37.1. The number of carbonyl (C=O) groups excluding carboxylic acids is 3. The molecule has 0 aromatic heterocycles. The Morgan fingerprint density at radius 2 is 1.83 bits per heavy atom. The van der Waals surface area contributed by atoms with E-state index in [1.54, 1.807) is 25.1 Å². The third-order valence-corrected chi connectivity index (χ3v) is 7.21. The number of hydrogen-bond acceptors (Lipinski definition) is 6. The van der Waals surface area contributed by atoms with E-state index in [2.05, 4.69) is 10.6 Å². The number of anilines is 2. The van der Waals surface area contributed by atoms with Crippen molar-refractivity contribution in [3.05, 3.63) is 48.3 Å². The Morgan fingerprint density at radius 3 is 2.58 bits per heavy atom. The van der Waals surface area contributed by atoms with E-state index in [9.17, 15) is 23.0 Å². The minimum atomic E-state index is -1.87. The van der Waals surface area contributed by atoms with Gasteiger partial charge in [-0.2, -0.15) is 0 Å². The number of fused-ring (bicyclic) bond motifs is 1. The number of rotatable bonds is 9. The summed E-state index contributed by atoms with van der Waals surface area (Å²) in [5.41, 5.74) is 0.613. The molecule has 192 valence electrons. The lowest BCUT2D eigenvalue weighted by atomic mass is 10.1. The average Bonchev–Trinajstić information content (AvgIpc) is 3.50. The Bertz CT molecular complexity index is 1170. The topological polar surface area (TPSA) is 114 Å². The van der Waals surface area contributed by atoms with Crippen molar-refractivity contribution >= 4 is 39.9 Å². The number of hydrogen-bond donors (Lipinski definition) is 2. The Labute approximate surface area is 210 Å². The summed E-state index contributed by atoms with van der Waals surface area (Å²) in [6.45, 7) is 1.64. The number of nitrogens with one attached hydrogen (secondary N) is 2. The molecule has 0 radical (unpaired) electrons. The molecule has 2 N–H and O–H groups in total. The van der Waals surface area contributed by atoms with Gasteiger partial charge in [0.2, 0.25) is 24.5 Å². The lowest BCUT2D eigenvalue weighted by Crippen LogP contribution is -2.51. The van der Waals surface area contributed by atoms with Crippen molar-refractivity contribution in [2.24, 2.45) is 0 Å². The summed E-state index contributed by atoms with van der Waals surface area (Å²) in [7, 11) is -1.87. The predicted octanol–water partition coefficient (Wildman–Crippen LogP) is 2.72. The van der Waals surface area contributed by atoms with Crippen LogP contribution in [0.4, 0.5) is 15.8 Å². The van der Waals surface area contributed by atoms with Gasteiger partial charge >= 0.3 is 0 Å². The third-order valence-electron chi connectivity index (χ3n) is 6.06. The van der Waals surface area contributed by atoms with Gasteiger partial charge in [0.15, 0.2) is 11.5 Å². The first-order chi connectivity index (χ1) is 17.3. The van der Waals surface area contributed by atoms with E-state index >= 15 is 0 Å². The van der Waals surface area contributed by atoms with Gasteiger partial charge in [-0.05, 0) is 50.1 Å². The Morgan fingerprint density at radius 1 is 1.08 bits per heavy atom. The largest absolute Gasteiger partial charge is 0.454 e. The molecule has 0 bridgehead atoms. The number of benzene rings is 2. The molecule has 2 aliphatic rings. The molecule has 2 aromatic carbocycles. The fraction of sp³-hybridized carbons (Fsp3) is 0.400. The smallest absolute Gasteiger partial charge is 0.243 e. The standard InChI is InChI=1S/C25H28FN3O6S/c1-16(25(32)28-18-6-2-3-7-18)29(20-8-4-5-17(26)11-20)24(31)14-36(33)13-23(30)27-19-9-10-21-22(12-19)35-15-34-21/h4-5,8-12,16,18H,2-3,6-7,13-15H2,1H3,(H,27,30)(H,28,32). The monoisotopic (exact) mass is 517 g/mol. The van der Waals surface area contributed by atoms with Gasteiger partial charge in [-0.3, -0.25) is 23.5 Å². The maximum Gasteiger partial charge on any atom is 0.243 e. The summed E-state index contributed by atoms with van der Waals surface area (Å²) in [5, 5.41) is 5.56. The molecule has 0 spiro atoms. The van der Waals surface area contributed by atoms with E-state index in [-0.39, 0.29) is 24.4 Å². The summed E-state index contributed by atoms with van der Waals surface area (Å²) in [6, 6.07) is 9.25. The van der Waals surface area contributed by atoms with Crippen LogP contribution >= 0.6 is 0 Å². The SMILES string of the molecule is CC(C(=O)NC1CCCC1)N(C(=O)CS(=O)CC(=O)Nc1ccc2c(c1)OCO2)c1cccc(F)c1. The van der Waals surface area contributed by atoms with Crippen LogP contribution < -0.4 is 25.0 Å². The van der Waals surface area contributed by atoms with Crippen LogP contribution in [-0.4, -0.2) is 52.3 Å². The Kier molecular flexibility index (Phi) is 8.19. The molecule has 9 nitrogen and oxygen atoms in total.